The topological polar surface area (TPSA) is 113 Å². The van der Waals surface area contributed by atoms with Crippen molar-refractivity contribution in [3.63, 3.8) is 0 Å². The number of piperidine rings is 1. The molecule has 1 unspecified atom stereocenters. The number of nitrogens with zero attached hydrogens (tertiary/aromatic N) is 3. The first-order valence-corrected chi connectivity index (χ1v) is 6.98. The van der Waals surface area contributed by atoms with Crippen LogP contribution in [0.2, 0.25) is 0 Å². The smallest absolute Gasteiger partial charge is 0.180 e. The minimum absolute atomic E-state index is 0.176. The maximum absolute atomic E-state index is 9.94. The maximum atomic E-state index is 9.94. The number of aromatic nitrogens is 3. The molecule has 8 nitrogen and oxygen atoms in total. The molecule has 5 atom stereocenters. The highest BCUT2D eigenvalue weighted by Crippen LogP contribution is 2.29. The fourth-order valence-electron chi connectivity index (χ4n) is 2.78. The number of nitrogens with one attached hydrogen (secondary N) is 1. The van der Waals surface area contributed by atoms with Gasteiger partial charge in [0.1, 0.15) is 18.3 Å². The quantitative estimate of drug-likeness (QED) is 0.546. The lowest BCUT2D eigenvalue weighted by atomic mass is 10.0. The van der Waals surface area contributed by atoms with Crippen molar-refractivity contribution in [3.8, 4) is 0 Å². The van der Waals surface area contributed by atoms with Crippen LogP contribution in [-0.4, -0.2) is 61.8 Å². The van der Waals surface area contributed by atoms with E-state index in [2.05, 4.69) is 15.6 Å². The van der Waals surface area contributed by atoms with Crippen molar-refractivity contribution >= 4 is 0 Å². The molecule has 2 fully saturated rings. The normalized spacial score (nSPS) is 38.2. The molecule has 4 N–H and O–H groups in total. The predicted molar refractivity (Wildman–Crippen MR) is 67.6 cm³/mol. The van der Waals surface area contributed by atoms with Gasteiger partial charge in [-0.1, -0.05) is 11.6 Å². The fraction of sp³-hybridized carbons (Fsp3) is 0.833. The van der Waals surface area contributed by atoms with Crippen LogP contribution in [0.3, 0.4) is 0 Å². The van der Waals surface area contributed by atoms with Crippen molar-refractivity contribution in [3.05, 3.63) is 11.9 Å². The fourth-order valence-corrected chi connectivity index (χ4v) is 2.78. The van der Waals surface area contributed by atoms with Gasteiger partial charge in [0.2, 0.25) is 0 Å². The highest BCUT2D eigenvalue weighted by atomic mass is 16.6. The van der Waals surface area contributed by atoms with Crippen molar-refractivity contribution in [1.29, 1.82) is 0 Å². The molecule has 8 heteroatoms. The summed E-state index contributed by atoms with van der Waals surface area (Å²) in [4.78, 5) is 0. The average Bonchev–Trinajstić information content (AvgIpc) is 3.07. The van der Waals surface area contributed by atoms with E-state index in [1.54, 1.807) is 6.20 Å². The summed E-state index contributed by atoms with van der Waals surface area (Å²) in [7, 11) is 0. The summed E-state index contributed by atoms with van der Waals surface area (Å²) in [6, 6.07) is 0.176. The van der Waals surface area contributed by atoms with Crippen LogP contribution >= 0.6 is 0 Å². The molecule has 2 aliphatic heterocycles. The molecule has 0 saturated carbocycles. The van der Waals surface area contributed by atoms with Gasteiger partial charge >= 0.3 is 0 Å². The Hall–Kier alpha value is -1.06. The highest BCUT2D eigenvalue weighted by Gasteiger charge is 2.44. The molecule has 0 radical (unpaired) electrons. The number of hydrogen-bond acceptors (Lipinski definition) is 7. The maximum Gasteiger partial charge on any atom is 0.180 e. The van der Waals surface area contributed by atoms with E-state index in [1.165, 1.54) is 11.1 Å². The molecule has 0 spiro atoms. The molecule has 2 aliphatic rings. The zero-order valence-electron chi connectivity index (χ0n) is 11.1. The summed E-state index contributed by atoms with van der Waals surface area (Å²) < 4.78 is 6.82. The number of ether oxygens (including phenoxy) is 1. The van der Waals surface area contributed by atoms with Crippen LogP contribution in [-0.2, 0) is 4.74 Å². The highest BCUT2D eigenvalue weighted by molar-refractivity contribution is 5.03. The molecule has 3 heterocycles. The van der Waals surface area contributed by atoms with E-state index in [1.807, 2.05) is 0 Å². The Kier molecular flexibility index (Phi) is 3.99. The van der Waals surface area contributed by atoms with Crippen molar-refractivity contribution < 1.29 is 20.1 Å². The number of rotatable bonds is 3. The first-order valence-electron chi connectivity index (χ1n) is 6.98. The molecular formula is C12H20N4O4. The minimum Gasteiger partial charge on any atom is -0.394 e. The Morgan fingerprint density at radius 1 is 1.35 bits per heavy atom. The number of aliphatic hydroxyl groups excluding tert-OH is 3. The Bertz CT molecular complexity index is 448. The van der Waals surface area contributed by atoms with Gasteiger partial charge in [0, 0.05) is 0 Å². The molecule has 0 aromatic carbocycles. The van der Waals surface area contributed by atoms with Gasteiger partial charge in [-0.15, -0.1) is 5.10 Å². The van der Waals surface area contributed by atoms with E-state index < -0.39 is 24.5 Å². The van der Waals surface area contributed by atoms with E-state index in [-0.39, 0.29) is 12.6 Å². The first kappa shape index (κ1) is 13.9. The van der Waals surface area contributed by atoms with Gasteiger partial charge < -0.3 is 25.4 Å². The van der Waals surface area contributed by atoms with Crippen molar-refractivity contribution in [2.45, 2.75) is 49.8 Å². The Balaban J connectivity index is 1.73. The zero-order chi connectivity index (χ0) is 14.1. The SMILES string of the molecule is OC[C@H]1O[C@@H](n2cc(C3CCCCN3)nn2)[C@H](O)[C@@H]1O. The summed E-state index contributed by atoms with van der Waals surface area (Å²) in [5.74, 6) is 0. The van der Waals surface area contributed by atoms with Crippen molar-refractivity contribution in [1.82, 2.24) is 20.3 Å². The zero-order valence-corrected chi connectivity index (χ0v) is 11.1. The van der Waals surface area contributed by atoms with E-state index in [9.17, 15) is 10.2 Å². The van der Waals surface area contributed by atoms with Gasteiger partial charge in [0.15, 0.2) is 6.23 Å². The van der Waals surface area contributed by atoms with Gasteiger partial charge in [-0.3, -0.25) is 0 Å². The lowest BCUT2D eigenvalue weighted by Crippen LogP contribution is -2.33. The van der Waals surface area contributed by atoms with E-state index >= 15 is 0 Å². The van der Waals surface area contributed by atoms with Gasteiger partial charge in [-0.25, -0.2) is 4.68 Å². The molecule has 0 amide bonds. The lowest BCUT2D eigenvalue weighted by Gasteiger charge is -2.21. The van der Waals surface area contributed by atoms with E-state index in [4.69, 9.17) is 9.84 Å². The Labute approximate surface area is 116 Å². The Morgan fingerprint density at radius 2 is 2.20 bits per heavy atom. The van der Waals surface area contributed by atoms with E-state index in [0.717, 1.165) is 25.1 Å². The lowest BCUT2D eigenvalue weighted by molar-refractivity contribution is -0.0594. The molecular weight excluding hydrogens is 264 g/mol. The van der Waals surface area contributed by atoms with Gasteiger partial charge in [-0.2, -0.15) is 0 Å². The van der Waals surface area contributed by atoms with Crippen LogP contribution in [0.4, 0.5) is 0 Å². The summed E-state index contributed by atoms with van der Waals surface area (Å²) in [5, 5.41) is 40.2. The molecule has 1 aromatic heterocycles. The molecule has 2 saturated heterocycles. The Morgan fingerprint density at radius 3 is 2.85 bits per heavy atom. The third-order valence-electron chi connectivity index (χ3n) is 3.97. The minimum atomic E-state index is -1.12. The predicted octanol–water partition coefficient (Wildman–Crippen LogP) is -1.30. The first-order chi connectivity index (χ1) is 9.70. The van der Waals surface area contributed by atoms with Gasteiger partial charge in [0.05, 0.1) is 24.5 Å². The second-order valence-electron chi connectivity index (χ2n) is 5.35. The van der Waals surface area contributed by atoms with Crippen LogP contribution < -0.4 is 5.32 Å². The van der Waals surface area contributed by atoms with Crippen molar-refractivity contribution in [2.24, 2.45) is 0 Å². The third kappa shape index (κ3) is 2.45. The summed E-state index contributed by atoms with van der Waals surface area (Å²) in [6.45, 7) is 0.617. The summed E-state index contributed by atoms with van der Waals surface area (Å²) in [6.07, 6.45) is 1.20. The number of hydrogen-bond donors (Lipinski definition) is 4. The van der Waals surface area contributed by atoms with Crippen molar-refractivity contribution in [2.75, 3.05) is 13.2 Å². The van der Waals surface area contributed by atoms with E-state index in [0.29, 0.717) is 0 Å². The average molecular weight is 284 g/mol. The number of aliphatic hydroxyl groups is 3. The monoisotopic (exact) mass is 284 g/mol. The van der Waals surface area contributed by atoms with Crippen LogP contribution in [0, 0.1) is 0 Å². The molecule has 0 aliphatic carbocycles. The van der Waals surface area contributed by atoms with Gasteiger partial charge in [0.25, 0.3) is 0 Å². The van der Waals surface area contributed by atoms with Crippen LogP contribution in [0.5, 0.6) is 0 Å². The summed E-state index contributed by atoms with van der Waals surface area (Å²) in [5.41, 5.74) is 0.808. The summed E-state index contributed by atoms with van der Waals surface area (Å²) >= 11 is 0. The van der Waals surface area contributed by atoms with Crippen LogP contribution in [0.15, 0.2) is 6.20 Å². The second kappa shape index (κ2) is 5.74. The standard InChI is InChI=1S/C12H20N4O4/c17-6-9-10(18)11(19)12(20-9)16-5-8(14-15-16)7-3-1-2-4-13-7/h5,7,9-13,17-19H,1-4,6H2/t7?,9-,10-,11-,12-/m1/s1. The molecule has 3 rings (SSSR count). The molecule has 112 valence electrons. The largest absolute Gasteiger partial charge is 0.394 e. The molecule has 1 aromatic rings. The van der Waals surface area contributed by atoms with Crippen LogP contribution in [0.25, 0.3) is 0 Å². The molecule has 0 bridgehead atoms. The third-order valence-corrected chi connectivity index (χ3v) is 3.97. The van der Waals surface area contributed by atoms with Gasteiger partial charge in [-0.05, 0) is 19.4 Å². The van der Waals surface area contributed by atoms with Crippen LogP contribution in [0.1, 0.15) is 37.2 Å². The second-order valence-corrected chi connectivity index (χ2v) is 5.35. The molecule has 20 heavy (non-hydrogen) atoms.